The van der Waals surface area contributed by atoms with E-state index in [9.17, 15) is 19.6 Å². The van der Waals surface area contributed by atoms with Crippen LogP contribution in [0.5, 0.6) is 0 Å². The van der Waals surface area contributed by atoms with E-state index in [-0.39, 0.29) is 18.1 Å². The first-order chi connectivity index (χ1) is 18.0. The predicted octanol–water partition coefficient (Wildman–Crippen LogP) is 5.30. The van der Waals surface area contributed by atoms with Crippen LogP contribution < -0.4 is 4.90 Å². The van der Waals surface area contributed by atoms with E-state index in [4.69, 9.17) is 4.74 Å². The summed E-state index contributed by atoms with van der Waals surface area (Å²) in [5.41, 5.74) is 3.57. The van der Waals surface area contributed by atoms with Crippen molar-refractivity contribution >= 4 is 23.5 Å². The zero-order valence-corrected chi connectivity index (χ0v) is 22.6. The van der Waals surface area contributed by atoms with Crippen molar-refractivity contribution in [3.05, 3.63) is 53.6 Å². The van der Waals surface area contributed by atoms with Gasteiger partial charge in [-0.2, -0.15) is 5.26 Å². The van der Waals surface area contributed by atoms with Gasteiger partial charge in [-0.25, -0.2) is 4.79 Å². The molecule has 7 heteroatoms. The summed E-state index contributed by atoms with van der Waals surface area (Å²) in [5.74, 6) is -0.0772. The number of likely N-dealkylation sites (N-methyl/N-ethyl adjacent to an activating group) is 1. The molecule has 1 saturated carbocycles. The Bertz CT molecular complexity index is 1320. The minimum Gasteiger partial charge on any atom is -0.444 e. The third kappa shape index (κ3) is 4.80. The molecule has 2 heterocycles. The summed E-state index contributed by atoms with van der Waals surface area (Å²) in [6, 6.07) is 16.4. The number of rotatable bonds is 6. The van der Waals surface area contributed by atoms with Crippen LogP contribution in [0.25, 0.3) is 11.1 Å². The van der Waals surface area contributed by atoms with Crippen LogP contribution in [0.2, 0.25) is 0 Å². The van der Waals surface area contributed by atoms with Gasteiger partial charge in [0.1, 0.15) is 11.1 Å². The van der Waals surface area contributed by atoms with Gasteiger partial charge in [0.2, 0.25) is 5.91 Å². The van der Waals surface area contributed by atoms with Gasteiger partial charge in [0.05, 0.1) is 18.4 Å². The van der Waals surface area contributed by atoms with Gasteiger partial charge in [-0.3, -0.25) is 14.5 Å². The number of hydrogen-bond acceptors (Lipinski definition) is 5. The minimum atomic E-state index is -0.839. The van der Waals surface area contributed by atoms with Crippen molar-refractivity contribution in [3.63, 3.8) is 0 Å². The number of anilines is 1. The van der Waals surface area contributed by atoms with E-state index >= 15 is 0 Å². The molecule has 0 spiro atoms. The number of ketones is 1. The van der Waals surface area contributed by atoms with Crippen molar-refractivity contribution in [3.8, 4) is 17.2 Å². The van der Waals surface area contributed by atoms with E-state index in [0.29, 0.717) is 38.1 Å². The third-order valence-electron chi connectivity index (χ3n) is 8.23. The quantitative estimate of drug-likeness (QED) is 0.523. The van der Waals surface area contributed by atoms with Crippen LogP contribution in [0.15, 0.2) is 42.5 Å². The zero-order valence-electron chi connectivity index (χ0n) is 22.6. The summed E-state index contributed by atoms with van der Waals surface area (Å²) in [7, 11) is 1.80. The molecular formula is C31H35N3O4. The molecule has 7 nitrogen and oxygen atoms in total. The van der Waals surface area contributed by atoms with Crippen LogP contribution in [0.4, 0.5) is 10.5 Å². The number of benzene rings is 2. The molecular weight excluding hydrogens is 478 g/mol. The molecule has 2 fully saturated rings. The van der Waals surface area contributed by atoms with Crippen molar-refractivity contribution in [1.29, 1.82) is 5.26 Å². The normalized spacial score (nSPS) is 22.8. The van der Waals surface area contributed by atoms with Crippen LogP contribution in [0.3, 0.4) is 0 Å². The molecule has 2 aromatic rings. The van der Waals surface area contributed by atoms with Crippen LogP contribution in [-0.2, 0) is 27.2 Å². The molecule has 2 aliphatic heterocycles. The molecule has 2 aromatic carbocycles. The summed E-state index contributed by atoms with van der Waals surface area (Å²) in [5, 5.41) is 9.90. The number of fused-ring (bicyclic) bond motifs is 3. The number of amides is 2. The highest BCUT2D eigenvalue weighted by molar-refractivity contribution is 6.01. The molecule has 0 aromatic heterocycles. The SMILES string of the molecule is CN1C(=O)Cc2ccc(-c3ccc(C[C@@H](C#N)CC(=O)[C@@]45CC[C@H](CN4C(=O)OC(C)(C)C)C5)cc3)cc21. The lowest BCUT2D eigenvalue weighted by Crippen LogP contribution is -2.54. The monoisotopic (exact) mass is 513 g/mol. The fraction of sp³-hybridized carbons (Fsp3) is 0.484. The van der Waals surface area contributed by atoms with E-state index in [1.54, 1.807) is 16.8 Å². The van der Waals surface area contributed by atoms with Crippen molar-refractivity contribution in [2.45, 2.75) is 70.4 Å². The molecule has 0 N–H and O–H groups in total. The van der Waals surface area contributed by atoms with Gasteiger partial charge in [-0.05, 0) is 80.7 Å². The Balaban J connectivity index is 1.26. The van der Waals surface area contributed by atoms with Crippen molar-refractivity contribution in [1.82, 2.24) is 4.90 Å². The number of ether oxygens (including phenoxy) is 1. The number of nitrogens with zero attached hydrogens (tertiary/aromatic N) is 3. The predicted molar refractivity (Wildman–Crippen MR) is 144 cm³/mol. The Kier molecular flexibility index (Phi) is 6.54. The van der Waals surface area contributed by atoms with E-state index < -0.39 is 23.2 Å². The highest BCUT2D eigenvalue weighted by Gasteiger charge is 2.57. The maximum atomic E-state index is 13.6. The smallest absolute Gasteiger partial charge is 0.411 e. The number of piperidine rings is 1. The number of nitriles is 1. The molecule has 38 heavy (non-hydrogen) atoms. The first-order valence-electron chi connectivity index (χ1n) is 13.4. The lowest BCUT2D eigenvalue weighted by molar-refractivity contribution is -0.130. The van der Waals surface area contributed by atoms with E-state index in [2.05, 4.69) is 6.07 Å². The van der Waals surface area contributed by atoms with Gasteiger partial charge in [-0.1, -0.05) is 36.4 Å². The van der Waals surface area contributed by atoms with Gasteiger partial charge in [0, 0.05) is 25.7 Å². The molecule has 198 valence electrons. The number of likely N-dealkylation sites (tertiary alicyclic amines) is 1. The number of carbonyl (C=O) groups is 3. The highest BCUT2D eigenvalue weighted by Crippen LogP contribution is 2.48. The van der Waals surface area contributed by atoms with Gasteiger partial charge in [-0.15, -0.1) is 0 Å². The summed E-state index contributed by atoms with van der Waals surface area (Å²) in [4.78, 5) is 41.9. The first-order valence-corrected chi connectivity index (χ1v) is 13.4. The summed E-state index contributed by atoms with van der Waals surface area (Å²) in [6.45, 7) is 6.03. The minimum absolute atomic E-state index is 0.0247. The van der Waals surface area contributed by atoms with Gasteiger partial charge < -0.3 is 9.64 Å². The molecule has 5 rings (SSSR count). The molecule has 1 aliphatic carbocycles. The summed E-state index contributed by atoms with van der Waals surface area (Å²) in [6.07, 6.45) is 2.83. The standard InChI is InChI=1S/C31H35N3O4/c1-30(2,3)38-29(37)34-19-21-11-12-31(34,17-21)27(35)14-22(18-32)13-20-5-7-23(8-6-20)24-9-10-25-16-28(36)33(4)26(25)15-24/h5-10,15,21-22H,11-14,16-17,19H2,1-4H3/t21-,22+,31-/m0/s1. The number of carbonyl (C=O) groups excluding carboxylic acids is 3. The number of Topliss-reactive ketones (excluding diaryl/α,β-unsaturated/α-hetero) is 1. The largest absolute Gasteiger partial charge is 0.444 e. The van der Waals surface area contributed by atoms with Crippen LogP contribution >= 0.6 is 0 Å². The number of hydrogen-bond donors (Lipinski definition) is 0. The van der Waals surface area contributed by atoms with Gasteiger partial charge in [0.25, 0.3) is 0 Å². The van der Waals surface area contributed by atoms with Gasteiger partial charge in [0.15, 0.2) is 5.78 Å². The fourth-order valence-electron chi connectivity index (χ4n) is 6.24. The van der Waals surface area contributed by atoms with E-state index in [0.717, 1.165) is 34.4 Å². The molecule has 2 bridgehead atoms. The van der Waals surface area contributed by atoms with E-state index in [1.165, 1.54) is 0 Å². The van der Waals surface area contributed by atoms with Crippen molar-refractivity contribution in [2.75, 3.05) is 18.5 Å². The summed E-state index contributed by atoms with van der Waals surface area (Å²) < 4.78 is 5.61. The second kappa shape index (κ2) is 9.58. The first kappa shape index (κ1) is 26.0. The molecule has 0 radical (unpaired) electrons. The Morgan fingerprint density at radius 3 is 2.53 bits per heavy atom. The Morgan fingerprint density at radius 1 is 1.16 bits per heavy atom. The topological polar surface area (TPSA) is 90.7 Å². The molecule has 0 unspecified atom stereocenters. The Hall–Kier alpha value is -3.66. The van der Waals surface area contributed by atoms with Crippen molar-refractivity contribution in [2.24, 2.45) is 11.8 Å². The van der Waals surface area contributed by atoms with Crippen LogP contribution in [0.1, 0.15) is 57.6 Å². The van der Waals surface area contributed by atoms with Crippen LogP contribution in [-0.4, -0.2) is 47.4 Å². The summed E-state index contributed by atoms with van der Waals surface area (Å²) >= 11 is 0. The Morgan fingerprint density at radius 2 is 1.87 bits per heavy atom. The fourth-order valence-corrected chi connectivity index (χ4v) is 6.24. The lowest BCUT2D eigenvalue weighted by atomic mass is 9.84. The van der Waals surface area contributed by atoms with Crippen LogP contribution in [0, 0.1) is 23.2 Å². The molecule has 1 saturated heterocycles. The highest BCUT2D eigenvalue weighted by atomic mass is 16.6. The molecule has 3 aliphatic rings. The van der Waals surface area contributed by atoms with Crippen molar-refractivity contribution < 1.29 is 19.1 Å². The lowest BCUT2D eigenvalue weighted by Gasteiger charge is -2.38. The third-order valence-corrected chi connectivity index (χ3v) is 8.23. The molecule has 2 amide bonds. The average Bonchev–Trinajstić information content (AvgIpc) is 3.55. The molecule has 3 atom stereocenters. The maximum Gasteiger partial charge on any atom is 0.411 e. The Labute approximate surface area is 224 Å². The van der Waals surface area contributed by atoms with Gasteiger partial charge >= 0.3 is 6.09 Å². The second-order valence-corrected chi connectivity index (χ2v) is 12.1. The zero-order chi connectivity index (χ0) is 27.2. The maximum absolute atomic E-state index is 13.6. The average molecular weight is 514 g/mol. The van der Waals surface area contributed by atoms with E-state index in [1.807, 2.05) is 63.2 Å². The second-order valence-electron chi connectivity index (χ2n) is 12.1.